The predicted molar refractivity (Wildman–Crippen MR) is 73.3 cm³/mol. The first-order chi connectivity index (χ1) is 8.16. The minimum Gasteiger partial charge on any atom is -0.313 e. The fourth-order valence-electron chi connectivity index (χ4n) is 2.87. The monoisotopic (exact) mass is 239 g/mol. The summed E-state index contributed by atoms with van der Waals surface area (Å²) in [6.45, 7) is 7.31. The van der Waals surface area contributed by atoms with Crippen LogP contribution in [0.5, 0.6) is 0 Å². The van der Waals surface area contributed by atoms with Crippen molar-refractivity contribution in [2.75, 3.05) is 40.3 Å². The number of piperidine rings is 1. The topological polar surface area (TPSA) is 18.5 Å². The van der Waals surface area contributed by atoms with E-state index in [1.54, 1.807) is 0 Å². The van der Waals surface area contributed by atoms with Crippen molar-refractivity contribution in [3.8, 4) is 0 Å². The number of hydrogen-bond donors (Lipinski definition) is 1. The lowest BCUT2D eigenvalue weighted by atomic mass is 10.0. The van der Waals surface area contributed by atoms with Gasteiger partial charge in [-0.2, -0.15) is 0 Å². The lowest BCUT2D eigenvalue weighted by Crippen LogP contribution is -2.44. The summed E-state index contributed by atoms with van der Waals surface area (Å²) in [6.07, 6.45) is 5.57. The Morgan fingerprint density at radius 3 is 2.35 bits per heavy atom. The molecular formula is C14H29N3. The molecule has 0 aromatic rings. The number of likely N-dealkylation sites (tertiary alicyclic amines) is 1. The number of rotatable bonds is 6. The van der Waals surface area contributed by atoms with E-state index < -0.39 is 0 Å². The normalized spacial score (nSPS) is 25.4. The summed E-state index contributed by atoms with van der Waals surface area (Å²) in [4.78, 5) is 5.00. The Kier molecular flexibility index (Phi) is 4.83. The Bertz CT molecular complexity index is 218. The number of nitrogens with one attached hydrogen (secondary N) is 1. The van der Waals surface area contributed by atoms with Crippen LogP contribution in [0.2, 0.25) is 0 Å². The van der Waals surface area contributed by atoms with Crippen molar-refractivity contribution in [2.24, 2.45) is 5.92 Å². The fraction of sp³-hybridized carbons (Fsp3) is 1.00. The maximum absolute atomic E-state index is 3.67. The summed E-state index contributed by atoms with van der Waals surface area (Å²) in [6, 6.07) is 1.55. The third kappa shape index (κ3) is 4.23. The third-order valence-electron chi connectivity index (χ3n) is 4.51. The van der Waals surface area contributed by atoms with E-state index in [4.69, 9.17) is 0 Å². The molecule has 100 valence electrons. The first-order valence-corrected chi connectivity index (χ1v) is 7.29. The Morgan fingerprint density at radius 2 is 1.82 bits per heavy atom. The van der Waals surface area contributed by atoms with Crippen LogP contribution in [0.4, 0.5) is 0 Å². The average Bonchev–Trinajstić information content (AvgIpc) is 3.13. The summed E-state index contributed by atoms with van der Waals surface area (Å²) >= 11 is 0. The molecule has 2 fully saturated rings. The Balaban J connectivity index is 1.55. The maximum atomic E-state index is 3.67. The van der Waals surface area contributed by atoms with Crippen molar-refractivity contribution >= 4 is 0 Å². The van der Waals surface area contributed by atoms with E-state index in [0.29, 0.717) is 0 Å². The van der Waals surface area contributed by atoms with E-state index >= 15 is 0 Å². The molecule has 1 aliphatic heterocycles. The van der Waals surface area contributed by atoms with Crippen molar-refractivity contribution < 1.29 is 0 Å². The molecule has 2 rings (SSSR count). The molecule has 1 heterocycles. The van der Waals surface area contributed by atoms with E-state index in [2.05, 4.69) is 36.1 Å². The summed E-state index contributed by atoms with van der Waals surface area (Å²) in [7, 11) is 4.42. The van der Waals surface area contributed by atoms with Gasteiger partial charge in [-0.3, -0.25) is 0 Å². The zero-order chi connectivity index (χ0) is 12.3. The highest BCUT2D eigenvalue weighted by Gasteiger charge is 2.27. The van der Waals surface area contributed by atoms with E-state index in [0.717, 1.165) is 18.0 Å². The highest BCUT2D eigenvalue weighted by molar-refractivity contribution is 4.83. The highest BCUT2D eigenvalue weighted by Crippen LogP contribution is 2.32. The lowest BCUT2D eigenvalue weighted by molar-refractivity contribution is 0.144. The minimum absolute atomic E-state index is 0.745. The van der Waals surface area contributed by atoms with Crippen LogP contribution in [0.25, 0.3) is 0 Å². The van der Waals surface area contributed by atoms with Crippen LogP contribution >= 0.6 is 0 Å². The molecule has 2 aliphatic rings. The van der Waals surface area contributed by atoms with Gasteiger partial charge in [-0.1, -0.05) is 0 Å². The predicted octanol–water partition coefficient (Wildman–Crippen LogP) is 1.40. The molecule has 0 aromatic heterocycles. The molecule has 0 radical (unpaired) electrons. The van der Waals surface area contributed by atoms with Gasteiger partial charge in [-0.05, 0) is 65.7 Å². The van der Waals surface area contributed by atoms with E-state index in [9.17, 15) is 0 Å². The number of hydrogen-bond acceptors (Lipinski definition) is 3. The van der Waals surface area contributed by atoms with Gasteiger partial charge in [0.15, 0.2) is 0 Å². The Morgan fingerprint density at radius 1 is 1.18 bits per heavy atom. The van der Waals surface area contributed by atoms with Gasteiger partial charge in [-0.25, -0.2) is 0 Å². The summed E-state index contributed by atoms with van der Waals surface area (Å²) < 4.78 is 0. The summed E-state index contributed by atoms with van der Waals surface area (Å²) in [5.74, 6) is 0.981. The second kappa shape index (κ2) is 6.17. The van der Waals surface area contributed by atoms with Gasteiger partial charge in [0.25, 0.3) is 0 Å². The van der Waals surface area contributed by atoms with Gasteiger partial charge in [0, 0.05) is 25.2 Å². The fourth-order valence-corrected chi connectivity index (χ4v) is 2.87. The van der Waals surface area contributed by atoms with Gasteiger partial charge in [0.2, 0.25) is 0 Å². The molecule has 0 amide bonds. The standard InChI is InChI=1S/C14H29N3/c1-12(13-4-5-13)15-8-11-17-9-6-14(7-10-17)16(2)3/h12-15H,4-11H2,1-3H3. The van der Waals surface area contributed by atoms with Crippen molar-refractivity contribution in [1.82, 2.24) is 15.1 Å². The first kappa shape index (κ1) is 13.3. The minimum atomic E-state index is 0.745. The number of nitrogens with zero attached hydrogens (tertiary/aromatic N) is 2. The highest BCUT2D eigenvalue weighted by atomic mass is 15.2. The van der Waals surface area contributed by atoms with Gasteiger partial charge in [0.1, 0.15) is 0 Å². The van der Waals surface area contributed by atoms with Crippen LogP contribution in [-0.2, 0) is 0 Å². The second-order valence-corrected chi connectivity index (χ2v) is 6.12. The molecule has 17 heavy (non-hydrogen) atoms. The average molecular weight is 239 g/mol. The lowest BCUT2D eigenvalue weighted by Gasteiger charge is -2.35. The first-order valence-electron chi connectivity index (χ1n) is 7.29. The molecule has 1 atom stereocenters. The SMILES string of the molecule is CC(NCCN1CCC(N(C)C)CC1)C1CC1. The van der Waals surface area contributed by atoms with Crippen LogP contribution in [0, 0.1) is 5.92 Å². The van der Waals surface area contributed by atoms with Crippen LogP contribution in [-0.4, -0.2) is 62.2 Å². The summed E-state index contributed by atoms with van der Waals surface area (Å²) in [5.41, 5.74) is 0. The van der Waals surface area contributed by atoms with Gasteiger partial charge in [-0.15, -0.1) is 0 Å². The Labute approximate surface area is 107 Å². The largest absolute Gasteiger partial charge is 0.313 e. The van der Waals surface area contributed by atoms with Gasteiger partial charge < -0.3 is 15.1 Å². The van der Waals surface area contributed by atoms with E-state index in [1.807, 2.05) is 0 Å². The van der Waals surface area contributed by atoms with Crippen molar-refractivity contribution in [2.45, 2.75) is 44.7 Å². The molecule has 1 aliphatic carbocycles. The van der Waals surface area contributed by atoms with E-state index in [-0.39, 0.29) is 0 Å². The molecule has 1 unspecified atom stereocenters. The van der Waals surface area contributed by atoms with Crippen molar-refractivity contribution in [3.63, 3.8) is 0 Å². The molecule has 1 N–H and O–H groups in total. The Hall–Kier alpha value is -0.120. The summed E-state index contributed by atoms with van der Waals surface area (Å²) in [5, 5.41) is 3.67. The third-order valence-corrected chi connectivity index (χ3v) is 4.51. The van der Waals surface area contributed by atoms with Crippen LogP contribution in [0.1, 0.15) is 32.6 Å². The molecule has 1 saturated carbocycles. The maximum Gasteiger partial charge on any atom is 0.0113 e. The molecule has 0 spiro atoms. The molecule has 3 heteroatoms. The molecule has 1 saturated heterocycles. The van der Waals surface area contributed by atoms with Gasteiger partial charge >= 0.3 is 0 Å². The zero-order valence-electron chi connectivity index (χ0n) is 11.8. The van der Waals surface area contributed by atoms with E-state index in [1.165, 1.54) is 51.9 Å². The molecule has 0 aromatic carbocycles. The van der Waals surface area contributed by atoms with Crippen LogP contribution in [0.15, 0.2) is 0 Å². The molecule has 3 nitrogen and oxygen atoms in total. The second-order valence-electron chi connectivity index (χ2n) is 6.12. The van der Waals surface area contributed by atoms with Crippen molar-refractivity contribution in [3.05, 3.63) is 0 Å². The van der Waals surface area contributed by atoms with Crippen LogP contribution in [0.3, 0.4) is 0 Å². The smallest absolute Gasteiger partial charge is 0.0113 e. The van der Waals surface area contributed by atoms with Crippen LogP contribution < -0.4 is 5.32 Å². The zero-order valence-corrected chi connectivity index (χ0v) is 11.8. The van der Waals surface area contributed by atoms with Crippen molar-refractivity contribution in [1.29, 1.82) is 0 Å². The quantitative estimate of drug-likeness (QED) is 0.756. The molecular weight excluding hydrogens is 210 g/mol. The molecule has 0 bridgehead atoms. The van der Waals surface area contributed by atoms with Gasteiger partial charge in [0.05, 0.1) is 0 Å².